The summed E-state index contributed by atoms with van der Waals surface area (Å²) in [6.45, 7) is 2.05. The van der Waals surface area contributed by atoms with Crippen LogP contribution in [0.4, 0.5) is 0 Å². The van der Waals surface area contributed by atoms with E-state index in [1.165, 1.54) is 12.8 Å². The van der Waals surface area contributed by atoms with Crippen LogP contribution < -0.4 is 4.74 Å². The van der Waals surface area contributed by atoms with Gasteiger partial charge in [0.05, 0.1) is 6.61 Å². The van der Waals surface area contributed by atoms with Gasteiger partial charge in [-0.15, -0.1) is 0 Å². The minimum atomic E-state index is -0.548. The maximum atomic E-state index is 12.5. The third kappa shape index (κ3) is 3.01. The normalized spacial score (nSPS) is 23.6. The molecule has 2 fully saturated rings. The third-order valence-electron chi connectivity index (χ3n) is 5.35. The van der Waals surface area contributed by atoms with Crippen LogP contribution in [0.3, 0.4) is 0 Å². The Bertz CT molecular complexity index is 604. The highest BCUT2D eigenvalue weighted by atomic mass is 79.9. The topological polar surface area (TPSA) is 38.8 Å². The maximum absolute atomic E-state index is 12.5. The third-order valence-corrected chi connectivity index (χ3v) is 5.84. The van der Waals surface area contributed by atoms with E-state index in [0.717, 1.165) is 54.6 Å². The second kappa shape index (κ2) is 6.10. The van der Waals surface area contributed by atoms with E-state index in [0.29, 0.717) is 12.5 Å². The summed E-state index contributed by atoms with van der Waals surface area (Å²) in [5.41, 5.74) is 1.08. The molecule has 0 aromatic heterocycles. The van der Waals surface area contributed by atoms with Gasteiger partial charge < -0.3 is 14.4 Å². The molecule has 1 amide bonds. The van der Waals surface area contributed by atoms with Crippen LogP contribution in [-0.2, 0) is 16.1 Å². The Morgan fingerprint density at radius 1 is 1.22 bits per heavy atom. The van der Waals surface area contributed by atoms with Crippen LogP contribution in [-0.4, -0.2) is 29.7 Å². The highest BCUT2D eigenvalue weighted by Crippen LogP contribution is 2.39. The second-order valence-corrected chi connectivity index (χ2v) is 7.78. The number of piperidine rings is 1. The molecular formula is C18H22BrNO3. The van der Waals surface area contributed by atoms with Crippen LogP contribution in [0.25, 0.3) is 0 Å². The maximum Gasteiger partial charge on any atom is 0.225 e. The van der Waals surface area contributed by atoms with Crippen molar-refractivity contribution in [2.24, 2.45) is 5.92 Å². The number of fused-ring (bicyclic) bond motifs is 1. The number of benzene rings is 1. The molecule has 124 valence electrons. The SMILES string of the molecule is O=C(C1CCCC1)N1CCC2(CC1)OCc1cc(Br)ccc1O2. The average molecular weight is 380 g/mol. The summed E-state index contributed by atoms with van der Waals surface area (Å²) >= 11 is 3.48. The number of carbonyl (C=O) groups excluding carboxylic acids is 1. The molecule has 1 saturated heterocycles. The van der Waals surface area contributed by atoms with E-state index >= 15 is 0 Å². The van der Waals surface area contributed by atoms with E-state index < -0.39 is 5.79 Å². The molecule has 1 aliphatic carbocycles. The highest BCUT2D eigenvalue weighted by molar-refractivity contribution is 9.10. The van der Waals surface area contributed by atoms with Gasteiger partial charge in [0.15, 0.2) is 0 Å². The van der Waals surface area contributed by atoms with Crippen LogP contribution in [0.2, 0.25) is 0 Å². The molecule has 5 heteroatoms. The van der Waals surface area contributed by atoms with Gasteiger partial charge in [0.2, 0.25) is 11.7 Å². The summed E-state index contributed by atoms with van der Waals surface area (Å²) in [6, 6.07) is 6.04. The Balaban J connectivity index is 1.41. The zero-order chi connectivity index (χ0) is 15.9. The molecule has 1 aromatic carbocycles. The van der Waals surface area contributed by atoms with E-state index in [1.54, 1.807) is 0 Å². The Labute approximate surface area is 145 Å². The number of ether oxygens (including phenoxy) is 2. The Kier molecular flexibility index (Phi) is 4.10. The molecule has 4 nitrogen and oxygen atoms in total. The Morgan fingerprint density at radius 2 is 1.96 bits per heavy atom. The van der Waals surface area contributed by atoms with Crippen LogP contribution >= 0.6 is 15.9 Å². The first-order valence-corrected chi connectivity index (χ1v) is 9.35. The minimum absolute atomic E-state index is 0.260. The summed E-state index contributed by atoms with van der Waals surface area (Å²) in [7, 11) is 0. The molecule has 0 N–H and O–H groups in total. The summed E-state index contributed by atoms with van der Waals surface area (Å²) < 4.78 is 13.3. The van der Waals surface area contributed by atoms with Crippen LogP contribution in [0.5, 0.6) is 5.75 Å². The van der Waals surface area contributed by atoms with Gasteiger partial charge >= 0.3 is 0 Å². The van der Waals surface area contributed by atoms with Crippen molar-refractivity contribution in [3.63, 3.8) is 0 Å². The van der Waals surface area contributed by atoms with E-state index in [4.69, 9.17) is 9.47 Å². The van der Waals surface area contributed by atoms with E-state index in [2.05, 4.69) is 15.9 Å². The van der Waals surface area contributed by atoms with Crippen molar-refractivity contribution in [3.05, 3.63) is 28.2 Å². The summed E-state index contributed by atoms with van der Waals surface area (Å²) in [6.07, 6.45) is 6.03. The molecule has 23 heavy (non-hydrogen) atoms. The monoisotopic (exact) mass is 379 g/mol. The molecule has 0 unspecified atom stereocenters. The smallest absolute Gasteiger partial charge is 0.225 e. The predicted molar refractivity (Wildman–Crippen MR) is 90.1 cm³/mol. The molecule has 1 spiro atoms. The fourth-order valence-corrected chi connectivity index (χ4v) is 4.35. The van der Waals surface area contributed by atoms with Crippen molar-refractivity contribution in [1.82, 2.24) is 4.90 Å². The van der Waals surface area contributed by atoms with Gasteiger partial charge in [-0.1, -0.05) is 28.8 Å². The van der Waals surface area contributed by atoms with Crippen molar-refractivity contribution in [2.75, 3.05) is 13.1 Å². The highest BCUT2D eigenvalue weighted by Gasteiger charge is 2.42. The fraction of sp³-hybridized carbons (Fsp3) is 0.611. The molecular weight excluding hydrogens is 358 g/mol. The number of hydrogen-bond acceptors (Lipinski definition) is 3. The van der Waals surface area contributed by atoms with Crippen molar-refractivity contribution >= 4 is 21.8 Å². The standard InChI is InChI=1S/C18H22BrNO3/c19-15-5-6-16-14(11-15)12-22-18(23-16)7-9-20(10-8-18)17(21)13-3-1-2-4-13/h5-6,11,13H,1-4,7-10,12H2. The van der Waals surface area contributed by atoms with E-state index in [1.807, 2.05) is 23.1 Å². The molecule has 3 aliphatic rings. The quantitative estimate of drug-likeness (QED) is 0.743. The predicted octanol–water partition coefficient (Wildman–Crippen LogP) is 3.87. The Morgan fingerprint density at radius 3 is 2.70 bits per heavy atom. The molecule has 0 radical (unpaired) electrons. The van der Waals surface area contributed by atoms with E-state index in [-0.39, 0.29) is 5.92 Å². The lowest BCUT2D eigenvalue weighted by Gasteiger charge is -2.44. The largest absolute Gasteiger partial charge is 0.462 e. The van der Waals surface area contributed by atoms with Crippen molar-refractivity contribution in [3.8, 4) is 5.75 Å². The summed E-state index contributed by atoms with van der Waals surface area (Å²) in [5.74, 6) is 0.968. The van der Waals surface area contributed by atoms with Crippen LogP contribution in [0.15, 0.2) is 22.7 Å². The molecule has 0 atom stereocenters. The minimum Gasteiger partial charge on any atom is -0.462 e. The summed E-state index contributed by atoms with van der Waals surface area (Å²) in [4.78, 5) is 14.6. The molecule has 0 bridgehead atoms. The van der Waals surface area contributed by atoms with E-state index in [9.17, 15) is 4.79 Å². The molecule has 1 aromatic rings. The van der Waals surface area contributed by atoms with Crippen LogP contribution in [0.1, 0.15) is 44.1 Å². The van der Waals surface area contributed by atoms with Crippen molar-refractivity contribution in [2.45, 2.75) is 50.9 Å². The molecule has 4 rings (SSSR count). The van der Waals surface area contributed by atoms with Gasteiger partial charge in [0, 0.05) is 41.9 Å². The number of likely N-dealkylation sites (tertiary alicyclic amines) is 1. The number of nitrogens with zero attached hydrogens (tertiary/aromatic N) is 1. The van der Waals surface area contributed by atoms with Gasteiger partial charge in [-0.3, -0.25) is 4.79 Å². The summed E-state index contributed by atoms with van der Waals surface area (Å²) in [5, 5.41) is 0. The van der Waals surface area contributed by atoms with Gasteiger partial charge in [-0.2, -0.15) is 0 Å². The van der Waals surface area contributed by atoms with Gasteiger partial charge in [-0.05, 0) is 31.0 Å². The second-order valence-electron chi connectivity index (χ2n) is 6.86. The number of carbonyl (C=O) groups is 1. The van der Waals surface area contributed by atoms with Crippen molar-refractivity contribution in [1.29, 1.82) is 0 Å². The lowest BCUT2D eigenvalue weighted by molar-refractivity contribution is -0.228. The number of halogens is 1. The first-order chi connectivity index (χ1) is 11.2. The van der Waals surface area contributed by atoms with Gasteiger partial charge in [0.25, 0.3) is 0 Å². The lowest BCUT2D eigenvalue weighted by Crippen LogP contribution is -2.53. The molecule has 2 heterocycles. The zero-order valence-electron chi connectivity index (χ0n) is 13.2. The van der Waals surface area contributed by atoms with Gasteiger partial charge in [-0.25, -0.2) is 0 Å². The van der Waals surface area contributed by atoms with Crippen molar-refractivity contribution < 1.29 is 14.3 Å². The zero-order valence-corrected chi connectivity index (χ0v) is 14.8. The first kappa shape index (κ1) is 15.5. The number of hydrogen-bond donors (Lipinski definition) is 0. The number of rotatable bonds is 1. The van der Waals surface area contributed by atoms with Crippen LogP contribution in [0, 0.1) is 5.92 Å². The van der Waals surface area contributed by atoms with Gasteiger partial charge in [0.1, 0.15) is 5.75 Å². The molecule has 2 aliphatic heterocycles. The lowest BCUT2D eigenvalue weighted by atomic mass is 9.99. The molecule has 1 saturated carbocycles. The average Bonchev–Trinajstić information content (AvgIpc) is 3.10. The fourth-order valence-electron chi connectivity index (χ4n) is 3.94. The first-order valence-electron chi connectivity index (χ1n) is 8.55. The number of amides is 1. The Hall–Kier alpha value is -1.07.